The van der Waals surface area contributed by atoms with E-state index in [9.17, 15) is 5.11 Å². The van der Waals surface area contributed by atoms with Crippen molar-refractivity contribution in [1.29, 1.82) is 0 Å². The summed E-state index contributed by atoms with van der Waals surface area (Å²) < 4.78 is 15.9. The Morgan fingerprint density at radius 2 is 1.67 bits per heavy atom. The summed E-state index contributed by atoms with van der Waals surface area (Å²) in [6.45, 7) is 0. The molecule has 0 aliphatic heterocycles. The van der Waals surface area contributed by atoms with E-state index in [2.05, 4.69) is 5.16 Å². The van der Waals surface area contributed by atoms with Gasteiger partial charge in [0.15, 0.2) is 0 Å². The van der Waals surface area contributed by atoms with E-state index in [1.165, 1.54) is 0 Å². The number of rotatable bonds is 6. The van der Waals surface area contributed by atoms with Gasteiger partial charge in [-0.1, -0.05) is 35.5 Å². The molecule has 1 N–H and O–H groups in total. The Labute approximate surface area is 140 Å². The van der Waals surface area contributed by atoms with E-state index in [0.29, 0.717) is 29.4 Å². The first-order valence-corrected chi connectivity index (χ1v) is 7.61. The first-order valence-electron chi connectivity index (χ1n) is 7.61. The Bertz CT molecular complexity index is 776. The van der Waals surface area contributed by atoms with Crippen LogP contribution in [-0.4, -0.2) is 24.5 Å². The molecule has 0 saturated carbocycles. The van der Waals surface area contributed by atoms with Crippen molar-refractivity contribution in [3.05, 3.63) is 65.9 Å². The second-order valence-electron chi connectivity index (χ2n) is 5.41. The van der Waals surface area contributed by atoms with Gasteiger partial charge in [0.1, 0.15) is 23.0 Å². The molecule has 1 atom stereocenters. The van der Waals surface area contributed by atoms with Gasteiger partial charge in [-0.3, -0.25) is 0 Å². The van der Waals surface area contributed by atoms with E-state index in [1.54, 1.807) is 20.3 Å². The van der Waals surface area contributed by atoms with Crippen molar-refractivity contribution in [3.8, 4) is 22.8 Å². The molecule has 0 radical (unpaired) electrons. The standard InChI is InChI=1S/C19H19NO4/c1-22-15-8-14(9-16(10-15)23-2)18-11-17(24-20-18)12-19(21)13-6-4-3-5-7-13/h3-11,19,21H,12H2,1-2H3/t19-/m1/s1. The van der Waals surface area contributed by atoms with Crippen LogP contribution in [0.5, 0.6) is 11.5 Å². The summed E-state index contributed by atoms with van der Waals surface area (Å²) in [5.41, 5.74) is 2.34. The minimum absolute atomic E-state index is 0.359. The number of benzene rings is 2. The summed E-state index contributed by atoms with van der Waals surface area (Å²) >= 11 is 0. The number of hydrogen-bond donors (Lipinski definition) is 1. The maximum atomic E-state index is 10.3. The van der Waals surface area contributed by atoms with Crippen LogP contribution in [0.1, 0.15) is 17.4 Å². The molecule has 0 aliphatic rings. The van der Waals surface area contributed by atoms with Crippen molar-refractivity contribution in [3.63, 3.8) is 0 Å². The first kappa shape index (κ1) is 16.1. The van der Waals surface area contributed by atoms with Crippen LogP contribution in [0.3, 0.4) is 0 Å². The van der Waals surface area contributed by atoms with Crippen molar-refractivity contribution in [2.75, 3.05) is 14.2 Å². The number of hydrogen-bond acceptors (Lipinski definition) is 5. The van der Waals surface area contributed by atoms with Crippen molar-refractivity contribution >= 4 is 0 Å². The van der Waals surface area contributed by atoms with Gasteiger partial charge in [0.2, 0.25) is 0 Å². The predicted molar refractivity (Wildman–Crippen MR) is 90.1 cm³/mol. The normalized spacial score (nSPS) is 12.0. The molecule has 3 aromatic rings. The number of methoxy groups -OCH3 is 2. The third kappa shape index (κ3) is 3.58. The third-order valence-electron chi connectivity index (χ3n) is 3.79. The van der Waals surface area contributed by atoms with Gasteiger partial charge in [-0.2, -0.15) is 0 Å². The summed E-state index contributed by atoms with van der Waals surface area (Å²) in [4.78, 5) is 0. The number of nitrogens with zero attached hydrogens (tertiary/aromatic N) is 1. The molecule has 0 aliphatic carbocycles. The highest BCUT2D eigenvalue weighted by atomic mass is 16.5. The minimum atomic E-state index is -0.633. The van der Waals surface area contributed by atoms with Gasteiger partial charge in [-0.05, 0) is 17.7 Å². The Hall–Kier alpha value is -2.79. The summed E-state index contributed by atoms with van der Waals surface area (Å²) in [5, 5.41) is 14.4. The summed E-state index contributed by atoms with van der Waals surface area (Å²) in [6, 6.07) is 16.8. The maximum Gasteiger partial charge on any atom is 0.140 e. The van der Waals surface area contributed by atoms with E-state index in [-0.39, 0.29) is 0 Å². The van der Waals surface area contributed by atoms with E-state index in [0.717, 1.165) is 11.1 Å². The summed E-state index contributed by atoms with van der Waals surface area (Å²) in [5.74, 6) is 1.97. The minimum Gasteiger partial charge on any atom is -0.497 e. The monoisotopic (exact) mass is 325 g/mol. The van der Waals surface area contributed by atoms with Gasteiger partial charge in [0.25, 0.3) is 0 Å². The van der Waals surface area contributed by atoms with E-state index in [4.69, 9.17) is 14.0 Å². The number of aromatic nitrogens is 1. The molecular formula is C19H19NO4. The smallest absolute Gasteiger partial charge is 0.140 e. The Balaban J connectivity index is 1.81. The average molecular weight is 325 g/mol. The number of ether oxygens (including phenoxy) is 2. The number of aliphatic hydroxyl groups is 1. The predicted octanol–water partition coefficient (Wildman–Crippen LogP) is 3.63. The Kier molecular flexibility index (Phi) is 4.82. The van der Waals surface area contributed by atoms with Crippen LogP contribution in [-0.2, 0) is 6.42 Å². The topological polar surface area (TPSA) is 64.7 Å². The maximum absolute atomic E-state index is 10.3. The Morgan fingerprint density at radius 1 is 1.00 bits per heavy atom. The summed E-state index contributed by atoms with van der Waals surface area (Å²) in [7, 11) is 3.20. The molecule has 1 aromatic heterocycles. The highest BCUT2D eigenvalue weighted by Gasteiger charge is 2.14. The van der Waals surface area contributed by atoms with Crippen molar-refractivity contribution in [1.82, 2.24) is 5.16 Å². The van der Waals surface area contributed by atoms with Crippen molar-refractivity contribution in [2.24, 2.45) is 0 Å². The lowest BCUT2D eigenvalue weighted by molar-refractivity contribution is 0.167. The van der Waals surface area contributed by atoms with E-state index >= 15 is 0 Å². The molecule has 0 fully saturated rings. The molecule has 24 heavy (non-hydrogen) atoms. The first-order chi connectivity index (χ1) is 11.7. The molecule has 5 nitrogen and oxygen atoms in total. The van der Waals surface area contributed by atoms with Crippen molar-refractivity contribution < 1.29 is 19.1 Å². The van der Waals surface area contributed by atoms with Gasteiger partial charge in [0, 0.05) is 24.1 Å². The highest BCUT2D eigenvalue weighted by molar-refractivity contribution is 5.63. The van der Waals surface area contributed by atoms with E-state index in [1.807, 2.05) is 48.5 Å². The fraction of sp³-hybridized carbons (Fsp3) is 0.211. The van der Waals surface area contributed by atoms with Crippen LogP contribution in [0.4, 0.5) is 0 Å². The second kappa shape index (κ2) is 7.19. The lowest BCUT2D eigenvalue weighted by atomic mass is 10.0. The summed E-state index contributed by atoms with van der Waals surface area (Å²) in [6.07, 6.45) is -0.273. The zero-order valence-corrected chi connectivity index (χ0v) is 13.6. The zero-order valence-electron chi connectivity index (χ0n) is 13.6. The largest absolute Gasteiger partial charge is 0.497 e. The van der Waals surface area contributed by atoms with Gasteiger partial charge in [-0.25, -0.2) is 0 Å². The van der Waals surface area contributed by atoms with Crippen LogP contribution >= 0.6 is 0 Å². The molecule has 0 spiro atoms. The third-order valence-corrected chi connectivity index (χ3v) is 3.79. The fourth-order valence-corrected chi connectivity index (χ4v) is 2.48. The molecule has 124 valence electrons. The SMILES string of the molecule is COc1cc(OC)cc(-c2cc(C[C@@H](O)c3ccccc3)on2)c1. The van der Waals surface area contributed by atoms with Gasteiger partial charge in [-0.15, -0.1) is 0 Å². The van der Waals surface area contributed by atoms with Gasteiger partial charge in [0.05, 0.1) is 20.3 Å². The zero-order chi connectivity index (χ0) is 16.9. The molecule has 2 aromatic carbocycles. The molecule has 1 heterocycles. The molecule has 0 unspecified atom stereocenters. The molecule has 5 heteroatoms. The fourth-order valence-electron chi connectivity index (χ4n) is 2.48. The van der Waals surface area contributed by atoms with Crippen LogP contribution < -0.4 is 9.47 Å². The van der Waals surface area contributed by atoms with Crippen LogP contribution in [0.25, 0.3) is 11.3 Å². The van der Waals surface area contributed by atoms with Crippen LogP contribution in [0, 0.1) is 0 Å². The Morgan fingerprint density at radius 3 is 2.29 bits per heavy atom. The highest BCUT2D eigenvalue weighted by Crippen LogP contribution is 2.30. The number of aliphatic hydroxyl groups excluding tert-OH is 1. The van der Waals surface area contributed by atoms with Crippen LogP contribution in [0.2, 0.25) is 0 Å². The molecule has 0 bridgehead atoms. The molecular weight excluding hydrogens is 306 g/mol. The van der Waals surface area contributed by atoms with Crippen molar-refractivity contribution in [2.45, 2.75) is 12.5 Å². The van der Waals surface area contributed by atoms with Gasteiger partial charge >= 0.3 is 0 Å². The molecule has 0 saturated heterocycles. The quantitative estimate of drug-likeness (QED) is 0.749. The lowest BCUT2D eigenvalue weighted by Gasteiger charge is -2.08. The van der Waals surface area contributed by atoms with E-state index < -0.39 is 6.10 Å². The lowest BCUT2D eigenvalue weighted by Crippen LogP contribution is -2.00. The van der Waals surface area contributed by atoms with Gasteiger partial charge < -0.3 is 19.1 Å². The average Bonchev–Trinajstić information content (AvgIpc) is 3.10. The molecule has 3 rings (SSSR count). The van der Waals surface area contributed by atoms with Crippen LogP contribution in [0.15, 0.2) is 59.1 Å². The molecule has 0 amide bonds. The second-order valence-corrected chi connectivity index (χ2v) is 5.41.